The van der Waals surface area contributed by atoms with Crippen LogP contribution < -0.4 is 9.64 Å². The topological polar surface area (TPSA) is 24.9 Å². The van der Waals surface area contributed by atoms with Gasteiger partial charge in [-0.3, -0.25) is 4.90 Å². The standard InChI is InChI=1S/C16H26N2O2/c1-4-20-16-8-6-5-7-15(16)18-11-9-17(10-12-18)13-14(2)19-3/h5-8,14H,4,9-13H2,1-3H3. The number of hydrogen-bond acceptors (Lipinski definition) is 4. The van der Waals surface area contributed by atoms with Gasteiger partial charge in [0.2, 0.25) is 0 Å². The SMILES string of the molecule is CCOc1ccccc1N1CCN(CC(C)OC)CC1. The smallest absolute Gasteiger partial charge is 0.142 e. The zero-order valence-corrected chi connectivity index (χ0v) is 12.8. The highest BCUT2D eigenvalue weighted by Gasteiger charge is 2.20. The summed E-state index contributed by atoms with van der Waals surface area (Å²) in [4.78, 5) is 4.88. The molecule has 1 aromatic carbocycles. The van der Waals surface area contributed by atoms with Crippen molar-refractivity contribution < 1.29 is 9.47 Å². The third-order valence-electron chi connectivity index (χ3n) is 3.80. The van der Waals surface area contributed by atoms with Gasteiger partial charge in [-0.1, -0.05) is 12.1 Å². The molecule has 4 nitrogen and oxygen atoms in total. The third-order valence-corrected chi connectivity index (χ3v) is 3.80. The summed E-state index contributed by atoms with van der Waals surface area (Å²) in [7, 11) is 1.78. The van der Waals surface area contributed by atoms with Gasteiger partial charge in [-0.05, 0) is 26.0 Å². The molecule has 0 bridgehead atoms. The second-order valence-electron chi connectivity index (χ2n) is 5.23. The van der Waals surface area contributed by atoms with Crippen LogP contribution in [0.3, 0.4) is 0 Å². The van der Waals surface area contributed by atoms with E-state index >= 15 is 0 Å². The summed E-state index contributed by atoms with van der Waals surface area (Å²) in [5, 5.41) is 0. The maximum absolute atomic E-state index is 5.72. The molecule has 1 atom stereocenters. The van der Waals surface area contributed by atoms with Crippen LogP contribution in [0.1, 0.15) is 13.8 Å². The number of nitrogens with zero attached hydrogens (tertiary/aromatic N) is 2. The zero-order valence-electron chi connectivity index (χ0n) is 12.8. The van der Waals surface area contributed by atoms with E-state index in [1.165, 1.54) is 5.69 Å². The monoisotopic (exact) mass is 278 g/mol. The molecule has 1 aromatic rings. The Bertz CT molecular complexity index is 403. The largest absolute Gasteiger partial charge is 0.492 e. The van der Waals surface area contributed by atoms with Crippen molar-refractivity contribution in [3.8, 4) is 5.75 Å². The Balaban J connectivity index is 1.93. The van der Waals surface area contributed by atoms with Crippen LogP contribution in [-0.2, 0) is 4.74 Å². The van der Waals surface area contributed by atoms with E-state index in [1.54, 1.807) is 7.11 Å². The van der Waals surface area contributed by atoms with Crippen molar-refractivity contribution in [1.82, 2.24) is 4.90 Å². The lowest BCUT2D eigenvalue weighted by atomic mass is 10.2. The fourth-order valence-electron chi connectivity index (χ4n) is 2.61. The number of rotatable bonds is 6. The second kappa shape index (κ2) is 7.50. The Morgan fingerprint density at radius 1 is 1.15 bits per heavy atom. The van der Waals surface area contributed by atoms with E-state index in [0.29, 0.717) is 12.7 Å². The molecule has 2 rings (SSSR count). The first-order valence-electron chi connectivity index (χ1n) is 7.46. The van der Waals surface area contributed by atoms with Crippen molar-refractivity contribution in [2.24, 2.45) is 0 Å². The van der Waals surface area contributed by atoms with Crippen LogP contribution in [-0.4, -0.2) is 57.4 Å². The molecule has 1 unspecified atom stereocenters. The van der Waals surface area contributed by atoms with E-state index in [9.17, 15) is 0 Å². The summed E-state index contributed by atoms with van der Waals surface area (Å²) in [6, 6.07) is 8.32. The lowest BCUT2D eigenvalue weighted by molar-refractivity contribution is 0.0749. The number of piperazine rings is 1. The van der Waals surface area contributed by atoms with E-state index in [1.807, 2.05) is 13.0 Å². The minimum absolute atomic E-state index is 0.303. The van der Waals surface area contributed by atoms with Gasteiger partial charge in [0.15, 0.2) is 0 Å². The summed E-state index contributed by atoms with van der Waals surface area (Å²) in [6.45, 7) is 10.1. The summed E-state index contributed by atoms with van der Waals surface area (Å²) in [5.74, 6) is 0.994. The molecule has 112 valence electrons. The maximum atomic E-state index is 5.72. The summed E-state index contributed by atoms with van der Waals surface area (Å²) in [6.07, 6.45) is 0.303. The van der Waals surface area contributed by atoms with Gasteiger partial charge < -0.3 is 14.4 Å². The number of benzene rings is 1. The predicted octanol–water partition coefficient (Wildman–Crippen LogP) is 2.24. The lowest BCUT2D eigenvalue weighted by Gasteiger charge is -2.37. The molecule has 20 heavy (non-hydrogen) atoms. The molecule has 1 aliphatic rings. The minimum atomic E-state index is 0.303. The Labute approximate surface area is 122 Å². The zero-order chi connectivity index (χ0) is 14.4. The molecule has 1 aliphatic heterocycles. The van der Waals surface area contributed by atoms with E-state index in [2.05, 4.69) is 34.9 Å². The number of hydrogen-bond donors (Lipinski definition) is 0. The fourth-order valence-corrected chi connectivity index (χ4v) is 2.61. The Kier molecular flexibility index (Phi) is 5.68. The van der Waals surface area contributed by atoms with Crippen molar-refractivity contribution in [2.75, 3.05) is 51.3 Å². The summed E-state index contributed by atoms with van der Waals surface area (Å²) >= 11 is 0. The Morgan fingerprint density at radius 3 is 2.50 bits per heavy atom. The Hall–Kier alpha value is -1.26. The van der Waals surface area contributed by atoms with Crippen molar-refractivity contribution in [1.29, 1.82) is 0 Å². The van der Waals surface area contributed by atoms with Crippen molar-refractivity contribution in [3.05, 3.63) is 24.3 Å². The first-order valence-corrected chi connectivity index (χ1v) is 7.46. The van der Waals surface area contributed by atoms with Gasteiger partial charge >= 0.3 is 0 Å². The maximum Gasteiger partial charge on any atom is 0.142 e. The van der Waals surface area contributed by atoms with E-state index < -0.39 is 0 Å². The quantitative estimate of drug-likeness (QED) is 0.797. The van der Waals surface area contributed by atoms with Gasteiger partial charge in [0.05, 0.1) is 18.4 Å². The highest BCUT2D eigenvalue weighted by atomic mass is 16.5. The van der Waals surface area contributed by atoms with Gasteiger partial charge in [0.1, 0.15) is 5.75 Å². The van der Waals surface area contributed by atoms with Crippen molar-refractivity contribution >= 4 is 5.69 Å². The molecule has 0 radical (unpaired) electrons. The van der Waals surface area contributed by atoms with Crippen LogP contribution in [0.5, 0.6) is 5.75 Å². The van der Waals surface area contributed by atoms with E-state index in [4.69, 9.17) is 9.47 Å². The average Bonchev–Trinajstić information content (AvgIpc) is 2.49. The molecular weight excluding hydrogens is 252 g/mol. The normalized spacial score (nSPS) is 18.1. The minimum Gasteiger partial charge on any atom is -0.492 e. The molecule has 1 fully saturated rings. The van der Waals surface area contributed by atoms with Crippen LogP contribution in [0.2, 0.25) is 0 Å². The van der Waals surface area contributed by atoms with Crippen LogP contribution in [0, 0.1) is 0 Å². The molecule has 0 aliphatic carbocycles. The molecule has 1 heterocycles. The number of para-hydroxylation sites is 2. The number of methoxy groups -OCH3 is 1. The van der Waals surface area contributed by atoms with Gasteiger partial charge in [-0.2, -0.15) is 0 Å². The molecule has 4 heteroatoms. The molecule has 0 saturated carbocycles. The van der Waals surface area contributed by atoms with Crippen LogP contribution in [0.15, 0.2) is 24.3 Å². The van der Waals surface area contributed by atoms with Crippen molar-refractivity contribution in [3.63, 3.8) is 0 Å². The molecule has 0 spiro atoms. The van der Waals surface area contributed by atoms with Crippen LogP contribution >= 0.6 is 0 Å². The van der Waals surface area contributed by atoms with Gasteiger partial charge in [-0.25, -0.2) is 0 Å². The third kappa shape index (κ3) is 3.87. The first-order chi connectivity index (χ1) is 9.74. The highest BCUT2D eigenvalue weighted by molar-refractivity contribution is 5.58. The predicted molar refractivity (Wildman–Crippen MR) is 82.7 cm³/mol. The molecule has 0 N–H and O–H groups in total. The first kappa shape index (κ1) is 15.1. The number of anilines is 1. The number of ether oxygens (including phenoxy) is 2. The van der Waals surface area contributed by atoms with Crippen LogP contribution in [0.4, 0.5) is 5.69 Å². The fraction of sp³-hybridized carbons (Fsp3) is 0.625. The van der Waals surface area contributed by atoms with Gasteiger partial charge in [0, 0.05) is 39.8 Å². The summed E-state index contributed by atoms with van der Waals surface area (Å²) < 4.78 is 11.1. The molecule has 1 saturated heterocycles. The molecule has 0 aromatic heterocycles. The average molecular weight is 278 g/mol. The Morgan fingerprint density at radius 2 is 1.85 bits per heavy atom. The molecule has 0 amide bonds. The van der Waals surface area contributed by atoms with Gasteiger partial charge in [0.25, 0.3) is 0 Å². The van der Waals surface area contributed by atoms with E-state index in [0.717, 1.165) is 38.5 Å². The van der Waals surface area contributed by atoms with E-state index in [-0.39, 0.29) is 0 Å². The molecular formula is C16H26N2O2. The van der Waals surface area contributed by atoms with Crippen molar-refractivity contribution in [2.45, 2.75) is 20.0 Å². The lowest BCUT2D eigenvalue weighted by Crippen LogP contribution is -2.48. The van der Waals surface area contributed by atoms with Gasteiger partial charge in [-0.15, -0.1) is 0 Å². The highest BCUT2D eigenvalue weighted by Crippen LogP contribution is 2.28. The summed E-state index contributed by atoms with van der Waals surface area (Å²) in [5.41, 5.74) is 1.22. The second-order valence-corrected chi connectivity index (χ2v) is 5.23. The van der Waals surface area contributed by atoms with Crippen LogP contribution in [0.25, 0.3) is 0 Å².